The van der Waals surface area contributed by atoms with Crippen LogP contribution in [0.5, 0.6) is 5.75 Å². The first-order valence-corrected chi connectivity index (χ1v) is 10.3. The highest BCUT2D eigenvalue weighted by Crippen LogP contribution is 2.37. The molecule has 0 radical (unpaired) electrons. The number of fused-ring (bicyclic) bond motifs is 1. The smallest absolute Gasteiger partial charge is 0.257 e. The van der Waals surface area contributed by atoms with Crippen molar-refractivity contribution in [3.05, 3.63) is 65.4 Å². The molecule has 29 heavy (non-hydrogen) atoms. The Morgan fingerprint density at radius 1 is 1.21 bits per heavy atom. The number of amides is 1. The normalized spacial score (nSPS) is 14.7. The highest BCUT2D eigenvalue weighted by Gasteiger charge is 2.25. The van der Waals surface area contributed by atoms with E-state index in [9.17, 15) is 4.79 Å². The second kappa shape index (κ2) is 7.29. The van der Waals surface area contributed by atoms with Gasteiger partial charge in [0.05, 0.1) is 17.4 Å². The van der Waals surface area contributed by atoms with Gasteiger partial charge in [-0.2, -0.15) is 0 Å². The first-order chi connectivity index (χ1) is 14.2. The minimum Gasteiger partial charge on any atom is -0.483 e. The first kappa shape index (κ1) is 17.8. The molecule has 1 fully saturated rings. The zero-order valence-electron chi connectivity index (χ0n) is 15.8. The van der Waals surface area contributed by atoms with E-state index in [0.29, 0.717) is 21.7 Å². The van der Waals surface area contributed by atoms with Gasteiger partial charge in [0.15, 0.2) is 5.01 Å². The second-order valence-corrected chi connectivity index (χ2v) is 8.07. The second-order valence-electron chi connectivity index (χ2n) is 7.06. The van der Waals surface area contributed by atoms with Crippen LogP contribution >= 0.6 is 11.3 Å². The van der Waals surface area contributed by atoms with Crippen LogP contribution in [-0.2, 0) is 0 Å². The van der Waals surface area contributed by atoms with Gasteiger partial charge in [0.25, 0.3) is 5.91 Å². The molecular weight excluding hydrogens is 386 g/mol. The average molecular weight is 405 g/mol. The van der Waals surface area contributed by atoms with Gasteiger partial charge in [-0.1, -0.05) is 29.5 Å². The van der Waals surface area contributed by atoms with E-state index in [1.165, 1.54) is 24.2 Å². The van der Waals surface area contributed by atoms with Gasteiger partial charge in [0, 0.05) is 11.6 Å². The van der Waals surface area contributed by atoms with E-state index < -0.39 is 0 Å². The predicted octanol–water partition coefficient (Wildman–Crippen LogP) is 4.62. The van der Waals surface area contributed by atoms with E-state index in [2.05, 4.69) is 25.1 Å². The molecule has 1 saturated carbocycles. The van der Waals surface area contributed by atoms with Crippen LogP contribution in [-0.4, -0.2) is 25.7 Å². The predicted molar refractivity (Wildman–Crippen MR) is 111 cm³/mol. The summed E-state index contributed by atoms with van der Waals surface area (Å²) in [7, 11) is 0. The van der Waals surface area contributed by atoms with Gasteiger partial charge in [-0.15, -0.1) is 10.2 Å². The van der Waals surface area contributed by atoms with Crippen molar-refractivity contribution in [1.82, 2.24) is 19.7 Å². The maximum absolute atomic E-state index is 12.6. The Hall–Kier alpha value is -3.26. The summed E-state index contributed by atoms with van der Waals surface area (Å²) in [6.45, 7) is 1.91. The highest BCUT2D eigenvalue weighted by molar-refractivity contribution is 7.15. The van der Waals surface area contributed by atoms with E-state index in [0.717, 1.165) is 16.8 Å². The molecule has 5 rings (SSSR count). The van der Waals surface area contributed by atoms with Crippen LogP contribution in [0.2, 0.25) is 0 Å². The van der Waals surface area contributed by atoms with Crippen LogP contribution in [0.25, 0.3) is 11.0 Å². The molecule has 1 N–H and O–H groups in total. The fourth-order valence-electron chi connectivity index (χ4n) is 3.19. The number of imidazole rings is 1. The Balaban J connectivity index is 1.28. The lowest BCUT2D eigenvalue weighted by Crippen LogP contribution is -2.11. The Kier molecular flexibility index (Phi) is 4.48. The lowest BCUT2D eigenvalue weighted by atomic mass is 10.2. The van der Waals surface area contributed by atoms with Gasteiger partial charge < -0.3 is 9.30 Å². The molecule has 1 amide bonds. The molecule has 0 spiro atoms. The van der Waals surface area contributed by atoms with Crippen molar-refractivity contribution in [2.24, 2.45) is 0 Å². The van der Waals surface area contributed by atoms with Gasteiger partial charge >= 0.3 is 0 Å². The molecule has 1 aliphatic rings. The molecule has 2 heterocycles. The molecule has 7 nitrogen and oxygen atoms in total. The molecular formula is C21H19N5O2S. The molecule has 2 aromatic heterocycles. The number of para-hydroxylation sites is 1. The number of carbonyl (C=O) groups excluding carboxylic acids is 1. The van der Waals surface area contributed by atoms with Gasteiger partial charge in [0.1, 0.15) is 11.9 Å². The summed E-state index contributed by atoms with van der Waals surface area (Å²) in [6, 6.07) is 15.7. The average Bonchev–Trinajstić information content (AvgIpc) is 3.32. The fraction of sp³-hybridized carbons (Fsp3) is 0.238. The highest BCUT2D eigenvalue weighted by atomic mass is 32.1. The van der Waals surface area contributed by atoms with Gasteiger partial charge in [-0.05, 0) is 50.1 Å². The van der Waals surface area contributed by atoms with Crippen molar-refractivity contribution in [1.29, 1.82) is 0 Å². The molecule has 2 aromatic carbocycles. The van der Waals surface area contributed by atoms with Crippen LogP contribution in [0.3, 0.4) is 0 Å². The van der Waals surface area contributed by atoms with Crippen molar-refractivity contribution >= 4 is 33.4 Å². The Morgan fingerprint density at radius 2 is 2.03 bits per heavy atom. The summed E-state index contributed by atoms with van der Waals surface area (Å²) in [5.74, 6) is 0.534. The largest absolute Gasteiger partial charge is 0.483 e. The number of anilines is 1. The van der Waals surface area contributed by atoms with Crippen LogP contribution < -0.4 is 10.1 Å². The molecule has 0 bridgehead atoms. The third-order valence-corrected chi connectivity index (χ3v) is 5.84. The minimum atomic E-state index is -0.261. The number of hydrogen-bond acceptors (Lipinski definition) is 6. The molecule has 146 valence electrons. The summed E-state index contributed by atoms with van der Waals surface area (Å²) in [5, 5.41) is 12.2. The Morgan fingerprint density at radius 3 is 2.83 bits per heavy atom. The minimum absolute atomic E-state index is 0.229. The van der Waals surface area contributed by atoms with Crippen LogP contribution in [0.1, 0.15) is 47.3 Å². The van der Waals surface area contributed by atoms with Crippen molar-refractivity contribution in [3.8, 4) is 5.75 Å². The van der Waals surface area contributed by atoms with Crippen LogP contribution in [0.4, 0.5) is 5.13 Å². The third kappa shape index (κ3) is 3.71. The van der Waals surface area contributed by atoms with Gasteiger partial charge in [-0.3, -0.25) is 10.1 Å². The molecule has 1 atom stereocenters. The van der Waals surface area contributed by atoms with Crippen molar-refractivity contribution in [3.63, 3.8) is 0 Å². The number of carbonyl (C=O) groups is 1. The Labute approximate surface area is 171 Å². The number of nitrogens with zero attached hydrogens (tertiary/aromatic N) is 4. The van der Waals surface area contributed by atoms with E-state index in [1.807, 2.05) is 61.8 Å². The van der Waals surface area contributed by atoms with Gasteiger partial charge in [0.2, 0.25) is 5.13 Å². The quantitative estimate of drug-likeness (QED) is 0.506. The van der Waals surface area contributed by atoms with Crippen molar-refractivity contribution in [2.75, 3.05) is 5.32 Å². The van der Waals surface area contributed by atoms with E-state index in [4.69, 9.17) is 4.74 Å². The zero-order chi connectivity index (χ0) is 19.8. The van der Waals surface area contributed by atoms with E-state index >= 15 is 0 Å². The molecule has 8 heteroatoms. The summed E-state index contributed by atoms with van der Waals surface area (Å²) in [5.41, 5.74) is 2.44. The maximum atomic E-state index is 12.6. The summed E-state index contributed by atoms with van der Waals surface area (Å²) in [6.07, 6.45) is 3.98. The maximum Gasteiger partial charge on any atom is 0.257 e. The lowest BCUT2D eigenvalue weighted by molar-refractivity contribution is 0.102. The topological polar surface area (TPSA) is 81.9 Å². The summed E-state index contributed by atoms with van der Waals surface area (Å²) >= 11 is 1.30. The molecule has 0 unspecified atom stereocenters. The number of benzene rings is 2. The summed E-state index contributed by atoms with van der Waals surface area (Å²) < 4.78 is 8.05. The van der Waals surface area contributed by atoms with E-state index in [1.54, 1.807) is 0 Å². The van der Waals surface area contributed by atoms with Crippen LogP contribution in [0, 0.1) is 0 Å². The molecule has 1 aliphatic carbocycles. The SMILES string of the molecule is C[C@H](Oc1ccccc1)c1nnc(NC(=O)c2ccc3c(c2)ncn3C2CC2)s1. The van der Waals surface area contributed by atoms with Crippen LogP contribution in [0.15, 0.2) is 54.9 Å². The molecule has 4 aromatic rings. The number of ether oxygens (including phenoxy) is 1. The van der Waals surface area contributed by atoms with Crippen molar-refractivity contribution in [2.45, 2.75) is 31.9 Å². The lowest BCUT2D eigenvalue weighted by Gasteiger charge is -2.10. The Bertz CT molecular complexity index is 1170. The van der Waals surface area contributed by atoms with Gasteiger partial charge in [-0.25, -0.2) is 4.98 Å². The number of hydrogen-bond donors (Lipinski definition) is 1. The zero-order valence-corrected chi connectivity index (χ0v) is 16.6. The standard InChI is InChI=1S/C21H19N5O2S/c1-13(28-16-5-3-2-4-6-16)20-24-25-21(29-20)23-19(27)14-7-10-18-17(11-14)22-12-26(18)15-8-9-15/h2-7,10-13,15H,8-9H2,1H3,(H,23,25,27)/t13-/m0/s1. The number of nitrogens with one attached hydrogen (secondary N) is 1. The summed E-state index contributed by atoms with van der Waals surface area (Å²) in [4.78, 5) is 17.1. The first-order valence-electron chi connectivity index (χ1n) is 9.50. The van der Waals surface area contributed by atoms with Crippen molar-refractivity contribution < 1.29 is 9.53 Å². The van der Waals surface area contributed by atoms with E-state index in [-0.39, 0.29) is 12.0 Å². The third-order valence-electron chi connectivity index (χ3n) is 4.84. The molecule has 0 aliphatic heterocycles. The molecule has 0 saturated heterocycles. The number of rotatable bonds is 6. The number of aromatic nitrogens is 4. The monoisotopic (exact) mass is 405 g/mol. The fourth-order valence-corrected chi connectivity index (χ4v) is 3.91.